The van der Waals surface area contributed by atoms with Gasteiger partial charge in [-0.25, -0.2) is 0 Å². The summed E-state index contributed by atoms with van der Waals surface area (Å²) in [6.07, 6.45) is 0.855. The van der Waals surface area contributed by atoms with Crippen molar-refractivity contribution in [3.63, 3.8) is 0 Å². The molecule has 2 nitrogen and oxygen atoms in total. The highest BCUT2D eigenvalue weighted by atomic mass is 16.3. The predicted octanol–water partition coefficient (Wildman–Crippen LogP) is 2.58. The molecule has 0 amide bonds. The molecule has 0 aliphatic heterocycles. The Balaban J connectivity index is 3.08. The maximum Gasteiger partial charge on any atom is 0.117 e. The van der Waals surface area contributed by atoms with Gasteiger partial charge in [-0.2, -0.15) is 0 Å². The number of benzene rings is 1. The Hall–Kier alpha value is -1.44. The van der Waals surface area contributed by atoms with Gasteiger partial charge in [-0.05, 0) is 25.0 Å². The third-order valence-corrected chi connectivity index (χ3v) is 2.04. The van der Waals surface area contributed by atoms with E-state index in [1.807, 2.05) is 32.0 Å². The van der Waals surface area contributed by atoms with Crippen LogP contribution in [-0.4, -0.2) is 19.2 Å². The molecule has 1 rings (SSSR count). The zero-order chi connectivity index (χ0) is 10.7. The van der Waals surface area contributed by atoms with Crippen LogP contribution < -0.4 is 4.90 Å². The number of anilines is 1. The van der Waals surface area contributed by atoms with Gasteiger partial charge in [0.25, 0.3) is 0 Å². The molecule has 0 unspecified atom stereocenters. The number of nitrogens with zero attached hydrogens (tertiary/aromatic N) is 1. The Kier molecular flexibility index (Phi) is 3.18. The number of hydrogen-bond acceptors (Lipinski definition) is 2. The van der Waals surface area contributed by atoms with Gasteiger partial charge in [0.15, 0.2) is 0 Å². The number of hydrogen-bond donors (Lipinski definition) is 1. The van der Waals surface area contributed by atoms with Crippen LogP contribution in [0.25, 0.3) is 0 Å². The number of phenolic OH excluding ortho intramolecular Hbond substituents is 1. The zero-order valence-corrected chi connectivity index (χ0v) is 9.04. The van der Waals surface area contributed by atoms with E-state index in [-0.39, 0.29) is 0 Å². The molecule has 1 aromatic rings. The molecule has 0 aromatic heterocycles. The van der Waals surface area contributed by atoms with Crippen molar-refractivity contribution in [2.75, 3.05) is 19.0 Å². The summed E-state index contributed by atoms with van der Waals surface area (Å²) in [5.74, 6) is 0.305. The summed E-state index contributed by atoms with van der Waals surface area (Å²) in [5.41, 5.74) is 3.37. The summed E-state index contributed by atoms with van der Waals surface area (Å²) in [5, 5.41) is 9.37. The summed E-state index contributed by atoms with van der Waals surface area (Å²) in [6.45, 7) is 5.90. The first kappa shape index (κ1) is 10.6. The van der Waals surface area contributed by atoms with Crippen LogP contribution >= 0.6 is 0 Å². The van der Waals surface area contributed by atoms with Gasteiger partial charge in [0.1, 0.15) is 5.75 Å². The topological polar surface area (TPSA) is 23.5 Å². The molecule has 0 bridgehead atoms. The molecule has 0 aliphatic carbocycles. The van der Waals surface area contributed by atoms with E-state index in [2.05, 4.69) is 6.58 Å². The van der Waals surface area contributed by atoms with Gasteiger partial charge in [0, 0.05) is 25.8 Å². The lowest BCUT2D eigenvalue weighted by atomic mass is 10.0. The molecule has 0 fully saturated rings. The Bertz CT molecular complexity index is 342. The van der Waals surface area contributed by atoms with Crippen LogP contribution in [0.4, 0.5) is 5.69 Å². The van der Waals surface area contributed by atoms with Gasteiger partial charge in [-0.3, -0.25) is 0 Å². The van der Waals surface area contributed by atoms with Crippen LogP contribution in [0.15, 0.2) is 30.4 Å². The van der Waals surface area contributed by atoms with Crippen molar-refractivity contribution in [2.24, 2.45) is 0 Å². The minimum absolute atomic E-state index is 0.305. The van der Waals surface area contributed by atoms with Gasteiger partial charge in [0.05, 0.1) is 0 Å². The normalized spacial score (nSPS) is 9.93. The molecule has 0 saturated heterocycles. The third kappa shape index (κ3) is 2.52. The van der Waals surface area contributed by atoms with Crippen molar-refractivity contribution < 1.29 is 5.11 Å². The van der Waals surface area contributed by atoms with E-state index < -0.39 is 0 Å². The molecule has 1 N–H and O–H groups in total. The molecule has 0 saturated carbocycles. The van der Waals surface area contributed by atoms with Crippen molar-refractivity contribution in [1.82, 2.24) is 0 Å². The van der Waals surface area contributed by atoms with Crippen molar-refractivity contribution in [3.8, 4) is 5.75 Å². The lowest BCUT2D eigenvalue weighted by molar-refractivity contribution is 0.475. The fraction of sp³-hybridized carbons (Fsp3) is 0.333. The van der Waals surface area contributed by atoms with E-state index >= 15 is 0 Å². The van der Waals surface area contributed by atoms with Crippen molar-refractivity contribution in [2.45, 2.75) is 13.3 Å². The molecule has 0 atom stereocenters. The number of phenols is 1. The van der Waals surface area contributed by atoms with Gasteiger partial charge in [-0.15, -0.1) is 0 Å². The smallest absolute Gasteiger partial charge is 0.117 e. The molecule has 0 heterocycles. The second-order valence-corrected chi connectivity index (χ2v) is 3.84. The first-order valence-corrected chi connectivity index (χ1v) is 4.64. The highest BCUT2D eigenvalue weighted by molar-refractivity contribution is 5.57. The molecular weight excluding hydrogens is 174 g/mol. The highest BCUT2D eigenvalue weighted by Crippen LogP contribution is 2.25. The SMILES string of the molecule is C=C(C)Cc1ccc(O)cc1N(C)C. The number of allylic oxidation sites excluding steroid dienone is 1. The summed E-state index contributed by atoms with van der Waals surface area (Å²) in [6, 6.07) is 5.43. The Morgan fingerprint density at radius 1 is 1.43 bits per heavy atom. The van der Waals surface area contributed by atoms with Gasteiger partial charge < -0.3 is 10.0 Å². The highest BCUT2D eigenvalue weighted by Gasteiger charge is 2.05. The van der Waals surface area contributed by atoms with Crippen LogP contribution in [-0.2, 0) is 6.42 Å². The van der Waals surface area contributed by atoms with E-state index in [1.54, 1.807) is 12.1 Å². The molecule has 2 heteroatoms. The standard InChI is InChI=1S/C12H17NO/c1-9(2)7-10-5-6-11(14)8-12(10)13(3)4/h5-6,8,14H,1,7H2,2-4H3. The van der Waals surface area contributed by atoms with Gasteiger partial charge >= 0.3 is 0 Å². The van der Waals surface area contributed by atoms with E-state index in [9.17, 15) is 5.11 Å². The first-order chi connectivity index (χ1) is 6.50. The average molecular weight is 191 g/mol. The average Bonchev–Trinajstić information content (AvgIpc) is 2.07. The van der Waals surface area contributed by atoms with Gasteiger partial charge in [-0.1, -0.05) is 18.2 Å². The Morgan fingerprint density at radius 3 is 2.57 bits per heavy atom. The minimum atomic E-state index is 0.305. The first-order valence-electron chi connectivity index (χ1n) is 4.64. The van der Waals surface area contributed by atoms with E-state index in [4.69, 9.17) is 0 Å². The lowest BCUT2D eigenvalue weighted by Crippen LogP contribution is -2.11. The molecule has 14 heavy (non-hydrogen) atoms. The van der Waals surface area contributed by atoms with E-state index in [0.717, 1.165) is 17.7 Å². The van der Waals surface area contributed by atoms with Crippen molar-refractivity contribution in [3.05, 3.63) is 35.9 Å². The maximum absolute atomic E-state index is 9.37. The van der Waals surface area contributed by atoms with Crippen LogP contribution in [0.3, 0.4) is 0 Å². The van der Waals surface area contributed by atoms with Crippen molar-refractivity contribution >= 4 is 5.69 Å². The Morgan fingerprint density at radius 2 is 2.07 bits per heavy atom. The van der Waals surface area contributed by atoms with Crippen LogP contribution in [0.5, 0.6) is 5.75 Å². The fourth-order valence-corrected chi connectivity index (χ4v) is 1.44. The summed E-state index contributed by atoms with van der Waals surface area (Å²) >= 11 is 0. The molecule has 76 valence electrons. The van der Waals surface area contributed by atoms with Crippen molar-refractivity contribution in [1.29, 1.82) is 0 Å². The minimum Gasteiger partial charge on any atom is -0.508 e. The number of aromatic hydroxyl groups is 1. The van der Waals surface area contributed by atoms with Crippen LogP contribution in [0.1, 0.15) is 12.5 Å². The summed E-state index contributed by atoms with van der Waals surface area (Å²) in [7, 11) is 3.94. The molecular formula is C12H17NO. The Labute approximate surface area is 85.5 Å². The molecule has 0 aliphatic rings. The molecule has 0 radical (unpaired) electrons. The molecule has 0 spiro atoms. The lowest BCUT2D eigenvalue weighted by Gasteiger charge is -2.17. The van der Waals surface area contributed by atoms with Crippen LogP contribution in [0.2, 0.25) is 0 Å². The largest absolute Gasteiger partial charge is 0.508 e. The summed E-state index contributed by atoms with van der Waals surface area (Å²) < 4.78 is 0. The van der Waals surface area contributed by atoms with Gasteiger partial charge in [0.2, 0.25) is 0 Å². The van der Waals surface area contributed by atoms with Crippen LogP contribution in [0, 0.1) is 0 Å². The number of rotatable bonds is 3. The van der Waals surface area contributed by atoms with E-state index in [1.165, 1.54) is 5.56 Å². The molecule has 1 aromatic carbocycles. The van der Waals surface area contributed by atoms with E-state index in [0.29, 0.717) is 5.75 Å². The second-order valence-electron chi connectivity index (χ2n) is 3.84. The predicted molar refractivity (Wildman–Crippen MR) is 61.0 cm³/mol. The fourth-order valence-electron chi connectivity index (χ4n) is 1.44. The maximum atomic E-state index is 9.37. The quantitative estimate of drug-likeness (QED) is 0.742. The zero-order valence-electron chi connectivity index (χ0n) is 9.04. The summed E-state index contributed by atoms with van der Waals surface area (Å²) in [4.78, 5) is 2.00. The monoisotopic (exact) mass is 191 g/mol. The third-order valence-electron chi connectivity index (χ3n) is 2.04. The second kappa shape index (κ2) is 4.18.